The smallest absolute Gasteiger partial charge is 0.137 e. The molecule has 1 aromatic carbocycles. The second-order valence-corrected chi connectivity index (χ2v) is 4.73. The minimum absolute atomic E-state index is 0.0856. The number of rotatable bonds is 4. The molecule has 96 valence electrons. The molecule has 3 nitrogen and oxygen atoms in total. The standard InChI is InChI=1S/C13H15BrFN3/c1-3-18-11(7-8-17-18)13(16-2)9-5-4-6-10(15)12(9)14/h4-8,13,16H,3H2,1-2H3. The lowest BCUT2D eigenvalue weighted by molar-refractivity contribution is 0.556. The Labute approximate surface area is 114 Å². The van der Waals surface area contributed by atoms with Crippen molar-refractivity contribution >= 4 is 15.9 Å². The molecule has 0 aliphatic carbocycles. The lowest BCUT2D eigenvalue weighted by atomic mass is 10.0. The Morgan fingerprint density at radius 3 is 2.89 bits per heavy atom. The first-order chi connectivity index (χ1) is 8.69. The first kappa shape index (κ1) is 13.2. The molecule has 1 heterocycles. The summed E-state index contributed by atoms with van der Waals surface area (Å²) in [6.45, 7) is 2.82. The zero-order valence-electron chi connectivity index (χ0n) is 10.3. The van der Waals surface area contributed by atoms with E-state index in [-0.39, 0.29) is 11.9 Å². The molecule has 2 aromatic rings. The molecular weight excluding hydrogens is 297 g/mol. The van der Waals surface area contributed by atoms with Crippen LogP contribution in [-0.4, -0.2) is 16.8 Å². The third kappa shape index (κ3) is 2.33. The summed E-state index contributed by atoms with van der Waals surface area (Å²) in [6, 6.07) is 6.92. The zero-order chi connectivity index (χ0) is 13.1. The highest BCUT2D eigenvalue weighted by molar-refractivity contribution is 9.10. The van der Waals surface area contributed by atoms with Crippen molar-refractivity contribution in [3.63, 3.8) is 0 Å². The van der Waals surface area contributed by atoms with E-state index in [0.29, 0.717) is 4.47 Å². The molecule has 1 atom stereocenters. The van der Waals surface area contributed by atoms with Crippen molar-refractivity contribution in [3.8, 4) is 0 Å². The van der Waals surface area contributed by atoms with Gasteiger partial charge in [-0.05, 0) is 47.6 Å². The normalized spacial score (nSPS) is 12.7. The van der Waals surface area contributed by atoms with Crippen LogP contribution < -0.4 is 5.32 Å². The summed E-state index contributed by atoms with van der Waals surface area (Å²) < 4.78 is 16.0. The topological polar surface area (TPSA) is 29.9 Å². The van der Waals surface area contributed by atoms with Crippen molar-refractivity contribution in [1.29, 1.82) is 0 Å². The van der Waals surface area contributed by atoms with Crippen LogP contribution in [-0.2, 0) is 6.54 Å². The summed E-state index contributed by atoms with van der Waals surface area (Å²) in [5.74, 6) is -0.254. The molecule has 0 saturated heterocycles. The Kier molecular flexibility index (Phi) is 4.14. The van der Waals surface area contributed by atoms with Crippen LogP contribution >= 0.6 is 15.9 Å². The number of aryl methyl sites for hydroxylation is 1. The largest absolute Gasteiger partial charge is 0.308 e. The highest BCUT2D eigenvalue weighted by Gasteiger charge is 2.19. The van der Waals surface area contributed by atoms with Crippen molar-refractivity contribution in [2.75, 3.05) is 7.05 Å². The second kappa shape index (κ2) is 5.63. The fourth-order valence-electron chi connectivity index (χ4n) is 2.06. The predicted octanol–water partition coefficient (Wildman–Crippen LogP) is 3.11. The van der Waals surface area contributed by atoms with Crippen LogP contribution in [0.2, 0.25) is 0 Å². The van der Waals surface area contributed by atoms with E-state index >= 15 is 0 Å². The SMILES string of the molecule is CCn1nccc1C(NC)c1cccc(F)c1Br. The van der Waals surface area contributed by atoms with E-state index in [1.165, 1.54) is 6.07 Å². The molecule has 0 bridgehead atoms. The number of nitrogens with one attached hydrogen (secondary N) is 1. The first-order valence-electron chi connectivity index (χ1n) is 5.82. The quantitative estimate of drug-likeness (QED) is 0.940. The van der Waals surface area contributed by atoms with E-state index in [9.17, 15) is 4.39 Å². The lowest BCUT2D eigenvalue weighted by Gasteiger charge is -2.19. The van der Waals surface area contributed by atoms with Crippen molar-refractivity contribution in [2.24, 2.45) is 0 Å². The lowest BCUT2D eigenvalue weighted by Crippen LogP contribution is -2.22. The van der Waals surface area contributed by atoms with Gasteiger partial charge < -0.3 is 5.32 Å². The molecule has 5 heteroatoms. The van der Waals surface area contributed by atoms with Crippen molar-refractivity contribution in [3.05, 3.63) is 52.0 Å². The van der Waals surface area contributed by atoms with Crippen LogP contribution in [0.3, 0.4) is 0 Å². The molecule has 1 N–H and O–H groups in total. The van der Waals surface area contributed by atoms with E-state index in [0.717, 1.165) is 17.8 Å². The molecule has 0 saturated carbocycles. The van der Waals surface area contributed by atoms with Crippen LogP contribution in [0.4, 0.5) is 4.39 Å². The average Bonchev–Trinajstić information content (AvgIpc) is 2.83. The minimum Gasteiger partial charge on any atom is -0.308 e. The van der Waals surface area contributed by atoms with E-state index < -0.39 is 0 Å². The summed E-state index contributed by atoms with van der Waals surface area (Å²) in [5.41, 5.74) is 1.89. The van der Waals surface area contributed by atoms with Gasteiger partial charge in [0.25, 0.3) is 0 Å². The summed E-state index contributed by atoms with van der Waals surface area (Å²) in [4.78, 5) is 0. The van der Waals surface area contributed by atoms with Crippen LogP contribution in [0.5, 0.6) is 0 Å². The highest BCUT2D eigenvalue weighted by Crippen LogP contribution is 2.30. The maximum Gasteiger partial charge on any atom is 0.137 e. The van der Waals surface area contributed by atoms with Crippen LogP contribution in [0.25, 0.3) is 0 Å². The molecule has 18 heavy (non-hydrogen) atoms. The molecular formula is C13H15BrFN3. The van der Waals surface area contributed by atoms with E-state index in [4.69, 9.17) is 0 Å². The first-order valence-corrected chi connectivity index (χ1v) is 6.61. The molecule has 0 aliphatic rings. The van der Waals surface area contributed by atoms with Gasteiger partial charge in [-0.15, -0.1) is 0 Å². The van der Waals surface area contributed by atoms with Gasteiger partial charge in [0.15, 0.2) is 0 Å². The number of halogens is 2. The Balaban J connectivity index is 2.49. The molecule has 1 aromatic heterocycles. The van der Waals surface area contributed by atoms with Crippen LogP contribution in [0, 0.1) is 5.82 Å². The van der Waals surface area contributed by atoms with Gasteiger partial charge >= 0.3 is 0 Å². The van der Waals surface area contributed by atoms with Crippen molar-refractivity contribution in [1.82, 2.24) is 15.1 Å². The molecule has 0 aliphatic heterocycles. The van der Waals surface area contributed by atoms with Crippen molar-refractivity contribution < 1.29 is 4.39 Å². The van der Waals surface area contributed by atoms with Crippen LogP contribution in [0.15, 0.2) is 34.9 Å². The Morgan fingerprint density at radius 2 is 2.22 bits per heavy atom. The average molecular weight is 312 g/mol. The van der Waals surface area contributed by atoms with Gasteiger partial charge in [0.1, 0.15) is 5.82 Å². The van der Waals surface area contributed by atoms with Crippen LogP contribution in [0.1, 0.15) is 24.2 Å². The monoisotopic (exact) mass is 311 g/mol. The maximum atomic E-state index is 13.6. The maximum absolute atomic E-state index is 13.6. The minimum atomic E-state index is -0.254. The van der Waals surface area contributed by atoms with Gasteiger partial charge in [0.05, 0.1) is 16.2 Å². The molecule has 0 radical (unpaired) electrons. The number of benzene rings is 1. The van der Waals surface area contributed by atoms with Gasteiger partial charge in [-0.3, -0.25) is 4.68 Å². The number of hydrogen-bond acceptors (Lipinski definition) is 2. The van der Waals surface area contributed by atoms with Crippen molar-refractivity contribution in [2.45, 2.75) is 19.5 Å². The van der Waals surface area contributed by atoms with Gasteiger partial charge in [0.2, 0.25) is 0 Å². The predicted molar refractivity (Wildman–Crippen MR) is 72.9 cm³/mol. The summed E-state index contributed by atoms with van der Waals surface area (Å²) in [6.07, 6.45) is 1.76. The Morgan fingerprint density at radius 1 is 1.44 bits per heavy atom. The Bertz CT molecular complexity index is 539. The van der Waals surface area contributed by atoms with Gasteiger partial charge in [-0.2, -0.15) is 5.10 Å². The zero-order valence-corrected chi connectivity index (χ0v) is 11.9. The summed E-state index contributed by atoms with van der Waals surface area (Å²) in [7, 11) is 1.86. The summed E-state index contributed by atoms with van der Waals surface area (Å²) in [5, 5.41) is 7.45. The fraction of sp³-hybridized carbons (Fsp3) is 0.308. The van der Waals surface area contributed by atoms with E-state index in [1.807, 2.05) is 30.8 Å². The Hall–Kier alpha value is -1.20. The molecule has 2 rings (SSSR count). The fourth-order valence-corrected chi connectivity index (χ4v) is 2.55. The number of aromatic nitrogens is 2. The molecule has 0 fully saturated rings. The van der Waals surface area contributed by atoms with Gasteiger partial charge in [-0.25, -0.2) is 4.39 Å². The van der Waals surface area contributed by atoms with E-state index in [1.54, 1.807) is 12.3 Å². The number of hydrogen-bond donors (Lipinski definition) is 1. The summed E-state index contributed by atoms with van der Waals surface area (Å²) >= 11 is 3.31. The molecule has 0 spiro atoms. The molecule has 0 amide bonds. The van der Waals surface area contributed by atoms with Gasteiger partial charge in [0, 0.05) is 12.7 Å². The molecule has 1 unspecified atom stereocenters. The third-order valence-electron chi connectivity index (χ3n) is 2.93. The number of nitrogens with zero attached hydrogens (tertiary/aromatic N) is 2. The highest BCUT2D eigenvalue weighted by atomic mass is 79.9. The second-order valence-electron chi connectivity index (χ2n) is 3.94. The van der Waals surface area contributed by atoms with E-state index in [2.05, 4.69) is 26.3 Å². The van der Waals surface area contributed by atoms with Gasteiger partial charge in [-0.1, -0.05) is 12.1 Å². The third-order valence-corrected chi connectivity index (χ3v) is 3.76.